The van der Waals surface area contributed by atoms with Gasteiger partial charge in [0.2, 0.25) is 5.91 Å². The number of hydrogen-bond acceptors (Lipinski definition) is 8. The number of phenolic OH excluding ortho intramolecular Hbond substituents is 2. The number of methoxy groups -OCH3 is 1. The molecule has 6 rings (SSSR count). The Morgan fingerprint density at radius 3 is 2.65 bits per heavy atom. The van der Waals surface area contributed by atoms with E-state index in [1.54, 1.807) is 6.08 Å². The number of amides is 1. The molecule has 1 spiro atoms. The number of phenols is 2. The van der Waals surface area contributed by atoms with Crippen molar-refractivity contribution < 1.29 is 39.2 Å². The monoisotopic (exact) mass is 471 g/mol. The lowest BCUT2D eigenvalue weighted by molar-refractivity contribution is -0.171. The molecule has 5 aliphatic rings. The van der Waals surface area contributed by atoms with Crippen LogP contribution in [0.25, 0.3) is 0 Å². The number of carbonyl (C=O) groups is 3. The summed E-state index contributed by atoms with van der Waals surface area (Å²) in [5, 5.41) is 34.1. The molecule has 2 heterocycles. The van der Waals surface area contributed by atoms with Gasteiger partial charge in [0, 0.05) is 29.6 Å². The lowest BCUT2D eigenvalue weighted by Gasteiger charge is -2.55. The summed E-state index contributed by atoms with van der Waals surface area (Å²) in [4.78, 5) is 37.8. The largest absolute Gasteiger partial charge is 0.506 e. The number of nitrogens with one attached hydrogen (secondary N) is 1. The highest BCUT2D eigenvalue weighted by Crippen LogP contribution is 2.72. The highest BCUT2D eigenvalue weighted by Gasteiger charge is 2.77. The van der Waals surface area contributed by atoms with Crippen molar-refractivity contribution in [3.8, 4) is 11.5 Å². The summed E-state index contributed by atoms with van der Waals surface area (Å²) in [6, 6.07) is 2.37. The van der Waals surface area contributed by atoms with Crippen molar-refractivity contribution in [1.82, 2.24) is 0 Å². The SMILES string of the molecule is COC(=O)c1ccc(O)c(NC(=O)CC[C@]2(C)C(=O)C=CC34CC5(C)OC(C[C@]5(O)C3)C42)c1O. The quantitative estimate of drug-likeness (QED) is 0.379. The maximum atomic E-state index is 13.1. The third-order valence-electron chi connectivity index (χ3n) is 8.73. The van der Waals surface area contributed by atoms with Gasteiger partial charge in [-0.15, -0.1) is 0 Å². The summed E-state index contributed by atoms with van der Waals surface area (Å²) in [7, 11) is 1.15. The zero-order chi connectivity index (χ0) is 24.7. The minimum absolute atomic E-state index is 0.0573. The molecule has 2 saturated heterocycles. The summed E-state index contributed by atoms with van der Waals surface area (Å²) < 4.78 is 10.9. The van der Waals surface area contributed by atoms with E-state index in [-0.39, 0.29) is 47.3 Å². The Bertz CT molecular complexity index is 1120. The number of allylic oxidation sites excluding steroid dienone is 2. The minimum atomic E-state index is -0.906. The van der Waals surface area contributed by atoms with Crippen molar-refractivity contribution in [3.05, 3.63) is 29.8 Å². The minimum Gasteiger partial charge on any atom is -0.506 e. The number of benzene rings is 1. The number of hydrogen-bond donors (Lipinski definition) is 4. The van der Waals surface area contributed by atoms with Gasteiger partial charge in [-0.25, -0.2) is 4.79 Å². The summed E-state index contributed by atoms with van der Waals surface area (Å²) in [5.74, 6) is -2.58. The number of carbonyl (C=O) groups excluding carboxylic acids is 3. The molecule has 1 aromatic rings. The number of esters is 1. The van der Waals surface area contributed by atoms with Crippen LogP contribution in [0.4, 0.5) is 5.69 Å². The van der Waals surface area contributed by atoms with E-state index in [4.69, 9.17) is 4.74 Å². The first kappa shape index (κ1) is 22.9. The number of aliphatic hydroxyl groups is 1. The summed E-state index contributed by atoms with van der Waals surface area (Å²) in [6.07, 6.45) is 5.06. The molecule has 1 aromatic carbocycles. The average Bonchev–Trinajstić information content (AvgIpc) is 3.06. The third kappa shape index (κ3) is 2.89. The molecule has 182 valence electrons. The van der Waals surface area contributed by atoms with Gasteiger partial charge in [0.05, 0.1) is 24.4 Å². The smallest absolute Gasteiger partial charge is 0.341 e. The van der Waals surface area contributed by atoms with Crippen LogP contribution in [-0.4, -0.2) is 57.4 Å². The van der Waals surface area contributed by atoms with Gasteiger partial charge >= 0.3 is 5.97 Å². The van der Waals surface area contributed by atoms with Crippen LogP contribution in [0.2, 0.25) is 0 Å². The van der Waals surface area contributed by atoms with Crippen molar-refractivity contribution >= 4 is 23.3 Å². The summed E-state index contributed by atoms with van der Waals surface area (Å²) in [6.45, 7) is 3.79. The first-order valence-corrected chi connectivity index (χ1v) is 11.5. The zero-order valence-electron chi connectivity index (χ0n) is 19.4. The van der Waals surface area contributed by atoms with Crippen LogP contribution in [0.3, 0.4) is 0 Å². The van der Waals surface area contributed by atoms with E-state index in [0.29, 0.717) is 19.3 Å². The van der Waals surface area contributed by atoms with E-state index in [1.807, 2.05) is 19.9 Å². The van der Waals surface area contributed by atoms with Crippen molar-refractivity contribution in [2.75, 3.05) is 12.4 Å². The van der Waals surface area contributed by atoms with Gasteiger partial charge < -0.3 is 30.1 Å². The second-order valence-electron chi connectivity index (χ2n) is 10.7. The van der Waals surface area contributed by atoms with Crippen LogP contribution in [0.1, 0.15) is 56.3 Å². The molecule has 2 aliphatic heterocycles. The molecule has 4 fully saturated rings. The lowest BCUT2D eigenvalue weighted by atomic mass is 9.50. The van der Waals surface area contributed by atoms with E-state index in [2.05, 4.69) is 10.1 Å². The predicted molar refractivity (Wildman–Crippen MR) is 119 cm³/mol. The summed E-state index contributed by atoms with van der Waals surface area (Å²) >= 11 is 0. The lowest BCUT2D eigenvalue weighted by Crippen LogP contribution is -2.56. The fourth-order valence-corrected chi connectivity index (χ4v) is 7.19. The van der Waals surface area contributed by atoms with Crippen molar-refractivity contribution in [1.29, 1.82) is 0 Å². The Morgan fingerprint density at radius 1 is 1.24 bits per heavy atom. The van der Waals surface area contributed by atoms with E-state index in [9.17, 15) is 29.7 Å². The van der Waals surface area contributed by atoms with Gasteiger partial charge in [-0.1, -0.05) is 13.0 Å². The van der Waals surface area contributed by atoms with Crippen molar-refractivity contribution in [3.63, 3.8) is 0 Å². The summed E-state index contributed by atoms with van der Waals surface area (Å²) in [5.41, 5.74) is -3.25. The standard InChI is InChI=1S/C25H29NO8/c1-22(8-7-17(29)26-18-14(27)5-4-13(19(18)30)21(31)33-3)16(28)6-9-24-11-23(2)25(32,12-24)10-15(34-23)20(22)24/h4-6,9,15,20,27,30,32H,7-8,10-12H2,1-3H3,(H,26,29)/t15?,20?,22-,23?,24?,25+/m1/s1. The van der Waals surface area contributed by atoms with Crippen molar-refractivity contribution in [2.24, 2.45) is 16.7 Å². The maximum Gasteiger partial charge on any atom is 0.341 e. The van der Waals surface area contributed by atoms with Gasteiger partial charge in [-0.2, -0.15) is 0 Å². The van der Waals surface area contributed by atoms with Crippen LogP contribution in [0.15, 0.2) is 24.3 Å². The van der Waals surface area contributed by atoms with E-state index < -0.39 is 40.0 Å². The van der Waals surface area contributed by atoms with E-state index in [0.717, 1.165) is 7.11 Å². The van der Waals surface area contributed by atoms with Gasteiger partial charge in [0.25, 0.3) is 0 Å². The second kappa shape index (κ2) is 7.05. The number of ketones is 1. The van der Waals surface area contributed by atoms with E-state index in [1.165, 1.54) is 12.1 Å². The Hall–Kier alpha value is -2.91. The highest BCUT2D eigenvalue weighted by molar-refractivity contribution is 6.01. The molecule has 9 heteroatoms. The topological polar surface area (TPSA) is 142 Å². The number of rotatable bonds is 5. The molecule has 0 radical (unpaired) electrons. The van der Waals surface area contributed by atoms with E-state index >= 15 is 0 Å². The zero-order valence-corrected chi connectivity index (χ0v) is 19.4. The molecular formula is C25H29NO8. The van der Waals surface area contributed by atoms with Crippen LogP contribution in [-0.2, 0) is 19.1 Å². The molecule has 6 atom stereocenters. The highest BCUT2D eigenvalue weighted by atomic mass is 16.5. The van der Waals surface area contributed by atoms with Gasteiger partial charge in [0.1, 0.15) is 17.0 Å². The molecule has 2 saturated carbocycles. The van der Waals surface area contributed by atoms with Gasteiger partial charge in [0.15, 0.2) is 11.5 Å². The molecule has 4 N–H and O–H groups in total. The Morgan fingerprint density at radius 2 is 1.97 bits per heavy atom. The molecule has 4 bridgehead atoms. The normalized spacial score (nSPS) is 39.2. The number of anilines is 1. The fraction of sp³-hybridized carbons (Fsp3) is 0.560. The van der Waals surface area contributed by atoms with Crippen LogP contribution < -0.4 is 5.32 Å². The van der Waals surface area contributed by atoms with Gasteiger partial charge in [-0.05, 0) is 44.4 Å². The molecule has 0 aromatic heterocycles. The molecular weight excluding hydrogens is 442 g/mol. The Labute approximate surface area is 196 Å². The van der Waals surface area contributed by atoms with Gasteiger partial charge in [-0.3, -0.25) is 9.59 Å². The molecule has 1 amide bonds. The number of ether oxygens (including phenoxy) is 2. The van der Waals surface area contributed by atoms with Crippen molar-refractivity contribution in [2.45, 2.75) is 63.3 Å². The predicted octanol–water partition coefficient (Wildman–Crippen LogP) is 2.44. The van der Waals surface area contributed by atoms with Crippen LogP contribution in [0, 0.1) is 16.7 Å². The van der Waals surface area contributed by atoms with Crippen LogP contribution in [0.5, 0.6) is 11.5 Å². The molecule has 4 unspecified atom stereocenters. The average molecular weight is 472 g/mol. The fourth-order valence-electron chi connectivity index (χ4n) is 7.19. The number of aromatic hydroxyl groups is 2. The third-order valence-corrected chi connectivity index (χ3v) is 8.73. The first-order chi connectivity index (χ1) is 15.9. The Balaban J connectivity index is 1.36. The molecule has 3 aliphatic carbocycles. The maximum absolute atomic E-state index is 13.1. The second-order valence-corrected chi connectivity index (χ2v) is 10.7. The Kier molecular flexibility index (Phi) is 4.74. The molecule has 9 nitrogen and oxygen atoms in total. The van der Waals surface area contributed by atoms with Crippen LogP contribution >= 0.6 is 0 Å². The first-order valence-electron chi connectivity index (χ1n) is 11.5. The molecule has 34 heavy (non-hydrogen) atoms.